The van der Waals surface area contributed by atoms with Crippen molar-refractivity contribution in [3.05, 3.63) is 75.5 Å². The van der Waals surface area contributed by atoms with Crippen molar-refractivity contribution in [3.8, 4) is 11.8 Å². The lowest BCUT2D eigenvalue weighted by Crippen LogP contribution is -1.93. The van der Waals surface area contributed by atoms with E-state index in [0.717, 1.165) is 43.0 Å². The van der Waals surface area contributed by atoms with Crippen LogP contribution in [0.25, 0.3) is 10.8 Å². The molecule has 3 rings (SSSR count). The van der Waals surface area contributed by atoms with Gasteiger partial charge in [-0.3, -0.25) is 4.98 Å². The summed E-state index contributed by atoms with van der Waals surface area (Å²) in [4.78, 5) is 4.52. The van der Waals surface area contributed by atoms with E-state index in [2.05, 4.69) is 82.8 Å². The van der Waals surface area contributed by atoms with Crippen molar-refractivity contribution in [1.29, 1.82) is 0 Å². The fraction of sp³-hybridized carbons (Fsp3) is 0.105. The molecule has 0 aliphatic rings. The molecule has 0 N–H and O–H groups in total. The average molecular weight is 494 g/mol. The Hall–Kier alpha value is -1.15. The van der Waals surface area contributed by atoms with Crippen molar-refractivity contribution in [1.82, 2.24) is 4.98 Å². The minimum absolute atomic E-state index is 0.726. The molecule has 0 aliphatic heterocycles. The van der Waals surface area contributed by atoms with Gasteiger partial charge in [0, 0.05) is 26.3 Å². The lowest BCUT2D eigenvalue weighted by molar-refractivity contribution is 1.10. The Bertz CT molecular complexity index is 901. The highest BCUT2D eigenvalue weighted by molar-refractivity contribution is 9.10. The fourth-order valence-electron chi connectivity index (χ4n) is 2.37. The largest absolute Gasteiger partial charge is 0.256 e. The highest BCUT2D eigenvalue weighted by Gasteiger charge is 2.03. The van der Waals surface area contributed by atoms with E-state index in [-0.39, 0.29) is 0 Å². The number of hydrogen-bond acceptors (Lipinski definition) is 1. The van der Waals surface area contributed by atoms with Gasteiger partial charge in [0.25, 0.3) is 0 Å². The third-order valence-corrected chi connectivity index (χ3v) is 5.26. The molecule has 1 nitrogen and oxygen atoms in total. The van der Waals surface area contributed by atoms with Crippen molar-refractivity contribution < 1.29 is 0 Å². The number of halogens is 3. The van der Waals surface area contributed by atoms with E-state index in [0.29, 0.717) is 0 Å². The summed E-state index contributed by atoms with van der Waals surface area (Å²) in [5.41, 5.74) is 4.00. The Balaban J connectivity index is 2.07. The second-order valence-electron chi connectivity index (χ2n) is 5.00. The van der Waals surface area contributed by atoms with E-state index < -0.39 is 0 Å². The Morgan fingerprint density at radius 3 is 2.13 bits per heavy atom. The Kier molecular flexibility index (Phi) is 5.53. The molecule has 1 aromatic heterocycles. The predicted molar refractivity (Wildman–Crippen MR) is 107 cm³/mol. The number of nitrogens with zero attached hydrogens (tertiary/aromatic N) is 1. The number of hydrogen-bond donors (Lipinski definition) is 0. The zero-order valence-corrected chi connectivity index (χ0v) is 16.9. The summed E-state index contributed by atoms with van der Waals surface area (Å²) in [6, 6.07) is 16.4. The highest BCUT2D eigenvalue weighted by atomic mass is 79.9. The number of rotatable bonds is 2. The summed E-state index contributed by atoms with van der Waals surface area (Å²) in [5.74, 6) is 6.58. The molecular formula is C19H12Br3N. The van der Waals surface area contributed by atoms with Gasteiger partial charge in [0.2, 0.25) is 0 Å². The number of fused-ring (bicyclic) bond motifs is 1. The average Bonchev–Trinajstić information content (AvgIpc) is 2.61. The fourth-order valence-corrected chi connectivity index (χ4v) is 3.42. The van der Waals surface area contributed by atoms with Crippen LogP contribution >= 0.6 is 47.8 Å². The lowest BCUT2D eigenvalue weighted by atomic mass is 10.0. The number of pyridine rings is 1. The molecule has 4 heteroatoms. The molecule has 0 saturated carbocycles. The molecule has 2 aromatic carbocycles. The maximum atomic E-state index is 4.52. The molecule has 3 aromatic rings. The van der Waals surface area contributed by atoms with E-state index in [4.69, 9.17) is 0 Å². The highest BCUT2D eigenvalue weighted by Crippen LogP contribution is 2.26. The van der Waals surface area contributed by atoms with Crippen molar-refractivity contribution in [3.63, 3.8) is 0 Å². The van der Waals surface area contributed by atoms with Crippen molar-refractivity contribution in [2.75, 3.05) is 0 Å². The predicted octanol–water partition coefficient (Wildman–Crippen LogP) is 6.19. The first-order valence-corrected chi connectivity index (χ1v) is 10.1. The molecule has 0 aliphatic carbocycles. The molecule has 0 radical (unpaired) electrons. The van der Waals surface area contributed by atoms with Gasteiger partial charge in [-0.2, -0.15) is 0 Å². The van der Waals surface area contributed by atoms with Crippen LogP contribution in [0, 0.1) is 11.8 Å². The van der Waals surface area contributed by atoms with Gasteiger partial charge in [0.05, 0.1) is 11.4 Å². The molecular weight excluding hydrogens is 482 g/mol. The maximum absolute atomic E-state index is 4.52. The van der Waals surface area contributed by atoms with Crippen molar-refractivity contribution >= 4 is 58.6 Å². The van der Waals surface area contributed by atoms with E-state index in [1.807, 2.05) is 30.3 Å². The molecule has 0 bridgehead atoms. The van der Waals surface area contributed by atoms with Crippen LogP contribution in [0.5, 0.6) is 0 Å². The summed E-state index contributed by atoms with van der Waals surface area (Å²) in [6.45, 7) is 0. The van der Waals surface area contributed by atoms with Crippen LogP contribution in [0.2, 0.25) is 0 Å². The molecule has 1 heterocycles. The minimum atomic E-state index is 0.726. The zero-order valence-electron chi connectivity index (χ0n) is 12.1. The summed E-state index contributed by atoms with van der Waals surface area (Å²) >= 11 is 10.5. The van der Waals surface area contributed by atoms with Gasteiger partial charge in [-0.15, -0.1) is 0 Å². The minimum Gasteiger partial charge on any atom is -0.256 e. The summed E-state index contributed by atoms with van der Waals surface area (Å²) in [6.07, 6.45) is 0. The van der Waals surface area contributed by atoms with Crippen LogP contribution < -0.4 is 0 Å². The Labute approximate surface area is 160 Å². The molecule has 114 valence electrons. The first kappa shape index (κ1) is 16.7. The number of alkyl halides is 2. The van der Waals surface area contributed by atoms with Crippen LogP contribution in [0.3, 0.4) is 0 Å². The monoisotopic (exact) mass is 491 g/mol. The van der Waals surface area contributed by atoms with E-state index >= 15 is 0 Å². The van der Waals surface area contributed by atoms with E-state index in [1.165, 1.54) is 5.39 Å². The quantitative estimate of drug-likeness (QED) is 0.306. The summed E-state index contributed by atoms with van der Waals surface area (Å²) in [7, 11) is 0. The first-order chi connectivity index (χ1) is 11.2. The molecule has 0 spiro atoms. The maximum Gasteiger partial charge on any atom is 0.0525 e. The van der Waals surface area contributed by atoms with Crippen molar-refractivity contribution in [2.24, 2.45) is 0 Å². The summed E-state index contributed by atoms with van der Waals surface area (Å²) < 4.78 is 1.09. The second kappa shape index (κ2) is 7.61. The van der Waals surface area contributed by atoms with Gasteiger partial charge < -0.3 is 0 Å². The van der Waals surface area contributed by atoms with Gasteiger partial charge in [0.15, 0.2) is 0 Å². The van der Waals surface area contributed by atoms with Gasteiger partial charge in [-0.05, 0) is 35.0 Å². The van der Waals surface area contributed by atoms with Crippen LogP contribution in [-0.4, -0.2) is 4.98 Å². The molecule has 0 amide bonds. The molecule has 0 saturated heterocycles. The van der Waals surface area contributed by atoms with Crippen LogP contribution in [-0.2, 0) is 10.7 Å². The standard InChI is InChI=1S/C19H12Br3N/c20-11-15-9-13(10-16(12-21)23-15)5-6-14-7-8-19(22)18-4-2-1-3-17(14)18/h1-4,7-10H,11-12H2. The summed E-state index contributed by atoms with van der Waals surface area (Å²) in [5, 5.41) is 3.79. The third kappa shape index (κ3) is 3.85. The second-order valence-corrected chi connectivity index (χ2v) is 6.97. The van der Waals surface area contributed by atoms with Crippen molar-refractivity contribution in [2.45, 2.75) is 10.7 Å². The van der Waals surface area contributed by atoms with Gasteiger partial charge in [-0.1, -0.05) is 83.9 Å². The topological polar surface area (TPSA) is 12.9 Å². The van der Waals surface area contributed by atoms with Crippen LogP contribution in [0.1, 0.15) is 22.5 Å². The van der Waals surface area contributed by atoms with Crippen LogP contribution in [0.15, 0.2) is 53.0 Å². The lowest BCUT2D eigenvalue weighted by Gasteiger charge is -2.03. The van der Waals surface area contributed by atoms with Gasteiger partial charge in [0.1, 0.15) is 0 Å². The third-order valence-electron chi connectivity index (χ3n) is 3.42. The first-order valence-electron chi connectivity index (χ1n) is 7.02. The molecule has 0 unspecified atom stereocenters. The molecule has 23 heavy (non-hydrogen) atoms. The Morgan fingerprint density at radius 1 is 0.826 bits per heavy atom. The smallest absolute Gasteiger partial charge is 0.0525 e. The normalized spacial score (nSPS) is 10.4. The number of benzene rings is 2. The van der Waals surface area contributed by atoms with Crippen LogP contribution in [0.4, 0.5) is 0 Å². The van der Waals surface area contributed by atoms with Gasteiger partial charge >= 0.3 is 0 Å². The number of aromatic nitrogens is 1. The zero-order chi connectivity index (χ0) is 16.2. The van der Waals surface area contributed by atoms with E-state index in [1.54, 1.807) is 0 Å². The Morgan fingerprint density at radius 2 is 1.48 bits per heavy atom. The molecule has 0 atom stereocenters. The SMILES string of the molecule is BrCc1cc(C#Cc2ccc(Br)c3ccccc23)cc(CBr)n1. The van der Waals surface area contributed by atoms with Gasteiger partial charge in [-0.25, -0.2) is 0 Å². The molecule has 0 fully saturated rings. The van der Waals surface area contributed by atoms with E-state index in [9.17, 15) is 0 Å².